The summed E-state index contributed by atoms with van der Waals surface area (Å²) in [5, 5.41) is 5.64. The van der Waals surface area contributed by atoms with E-state index in [9.17, 15) is 13.6 Å². The highest BCUT2D eigenvalue weighted by molar-refractivity contribution is 7.17. The summed E-state index contributed by atoms with van der Waals surface area (Å²) in [6.07, 6.45) is 6.16. The quantitative estimate of drug-likeness (QED) is 0.521. The molecule has 0 fully saturated rings. The van der Waals surface area contributed by atoms with Gasteiger partial charge in [0.2, 0.25) is 0 Å². The number of nitrogens with zero attached hydrogens (tertiary/aromatic N) is 1. The van der Waals surface area contributed by atoms with Crippen LogP contribution in [0.1, 0.15) is 40.0 Å². The molecule has 1 aliphatic carbocycles. The van der Waals surface area contributed by atoms with Gasteiger partial charge in [0.15, 0.2) is 5.01 Å². The first-order valence-electron chi connectivity index (χ1n) is 9.94. The van der Waals surface area contributed by atoms with Crippen LogP contribution in [0.25, 0.3) is 16.1 Å². The monoisotopic (exact) mass is 437 g/mol. The minimum atomic E-state index is -0.824. The lowest BCUT2D eigenvalue weighted by Crippen LogP contribution is -2.14. The number of carbonyl (C=O) groups is 1. The lowest BCUT2D eigenvalue weighted by molar-refractivity contribution is 0.102. The highest BCUT2D eigenvalue weighted by Gasteiger charge is 2.24. The molecule has 158 valence electrons. The molecule has 0 aliphatic heterocycles. The number of hydrogen-bond acceptors (Lipinski definition) is 4. The third kappa shape index (κ3) is 4.14. The van der Waals surface area contributed by atoms with Crippen LogP contribution in [-0.4, -0.2) is 10.9 Å². The molecule has 1 heterocycles. The van der Waals surface area contributed by atoms with E-state index in [0.29, 0.717) is 0 Å². The van der Waals surface area contributed by atoms with Crippen LogP contribution in [-0.2, 0) is 12.8 Å². The van der Waals surface area contributed by atoms with Crippen molar-refractivity contribution in [2.75, 3.05) is 5.32 Å². The lowest BCUT2D eigenvalue weighted by Gasteiger charge is -2.12. The predicted octanol–water partition coefficient (Wildman–Crippen LogP) is 5.92. The summed E-state index contributed by atoms with van der Waals surface area (Å²) < 4.78 is 27.9. The molecule has 0 spiro atoms. The van der Waals surface area contributed by atoms with Crippen molar-refractivity contribution in [2.24, 2.45) is 0 Å². The van der Waals surface area contributed by atoms with E-state index in [0.717, 1.165) is 58.8 Å². The van der Waals surface area contributed by atoms with E-state index < -0.39 is 23.2 Å². The zero-order chi connectivity index (χ0) is 22.0. The second-order valence-electron chi connectivity index (χ2n) is 7.12. The van der Waals surface area contributed by atoms with Gasteiger partial charge in [0.1, 0.15) is 17.3 Å². The van der Waals surface area contributed by atoms with Gasteiger partial charge in [-0.2, -0.15) is 0 Å². The second-order valence-corrected chi connectivity index (χ2v) is 8.12. The van der Waals surface area contributed by atoms with E-state index in [1.807, 2.05) is 13.0 Å². The van der Waals surface area contributed by atoms with Crippen LogP contribution < -0.4 is 10.6 Å². The predicted molar refractivity (Wildman–Crippen MR) is 121 cm³/mol. The van der Waals surface area contributed by atoms with Crippen LogP contribution in [0.2, 0.25) is 0 Å². The second kappa shape index (κ2) is 8.81. The number of para-hydroxylation sites is 1. The number of amides is 1. The number of nitrogens with one attached hydrogen (secondary N) is 2. The zero-order valence-electron chi connectivity index (χ0n) is 17.0. The number of halogens is 2. The molecule has 1 aromatic heterocycles. The fraction of sp³-hybridized carbons (Fsp3) is 0.167. The van der Waals surface area contributed by atoms with Gasteiger partial charge in [-0.25, -0.2) is 13.8 Å². The first kappa shape index (κ1) is 20.9. The molecule has 1 amide bonds. The van der Waals surface area contributed by atoms with Crippen LogP contribution in [0, 0.1) is 11.6 Å². The number of aromatic nitrogens is 1. The number of hydrogen-bond donors (Lipinski definition) is 2. The van der Waals surface area contributed by atoms with E-state index in [1.165, 1.54) is 23.0 Å². The molecule has 0 radical (unpaired) electrons. The van der Waals surface area contributed by atoms with E-state index in [2.05, 4.69) is 40.4 Å². The SMILES string of the molecule is C=CN/C(=C\C)c1ccc2c(c1)-c1sc(C(=O)Nc3c(F)cccc3F)nc1CCC2. The maximum absolute atomic E-state index is 13.9. The summed E-state index contributed by atoms with van der Waals surface area (Å²) in [5.74, 6) is -2.27. The highest BCUT2D eigenvalue weighted by Crippen LogP contribution is 2.38. The first-order chi connectivity index (χ1) is 15.0. The van der Waals surface area contributed by atoms with E-state index >= 15 is 0 Å². The Labute approximate surface area is 183 Å². The molecule has 2 N–H and O–H groups in total. The van der Waals surface area contributed by atoms with Crippen molar-refractivity contribution in [3.05, 3.63) is 88.7 Å². The van der Waals surface area contributed by atoms with Crippen LogP contribution in [0.3, 0.4) is 0 Å². The summed E-state index contributed by atoms with van der Waals surface area (Å²) >= 11 is 1.24. The van der Waals surface area contributed by atoms with Gasteiger partial charge in [-0.05, 0) is 67.3 Å². The highest BCUT2D eigenvalue weighted by atomic mass is 32.1. The van der Waals surface area contributed by atoms with Crippen molar-refractivity contribution >= 4 is 28.6 Å². The normalized spacial score (nSPS) is 13.1. The molecule has 0 saturated heterocycles. The smallest absolute Gasteiger partial charge is 0.284 e. The topological polar surface area (TPSA) is 54.0 Å². The molecule has 2 aromatic carbocycles. The summed E-state index contributed by atoms with van der Waals surface area (Å²) in [4.78, 5) is 18.1. The number of aryl methyl sites for hydroxylation is 2. The zero-order valence-corrected chi connectivity index (χ0v) is 17.8. The standard InChI is InChI=1S/C24H21F2N3OS/c1-3-19(27-4-2)15-12-11-14-7-5-10-20-22(16(14)13-15)31-24(28-20)23(30)29-21-17(25)8-6-9-18(21)26/h3-4,6,8-9,11-13,27H,2,5,7,10H2,1H3,(H,29,30)/b19-3-. The van der Waals surface area contributed by atoms with E-state index in [-0.39, 0.29) is 5.01 Å². The van der Waals surface area contributed by atoms with Gasteiger partial charge < -0.3 is 10.6 Å². The Bertz CT molecular complexity index is 1180. The fourth-order valence-electron chi connectivity index (χ4n) is 3.68. The largest absolute Gasteiger partial charge is 0.362 e. The van der Waals surface area contributed by atoms with Gasteiger partial charge in [-0.15, -0.1) is 11.3 Å². The number of anilines is 1. The third-order valence-corrected chi connectivity index (χ3v) is 6.29. The average molecular weight is 438 g/mol. The van der Waals surface area contributed by atoms with Crippen LogP contribution in [0.15, 0.2) is 55.3 Å². The van der Waals surface area contributed by atoms with Crippen LogP contribution in [0.5, 0.6) is 0 Å². The average Bonchev–Trinajstić information content (AvgIpc) is 3.11. The van der Waals surface area contributed by atoms with Crippen molar-refractivity contribution in [1.29, 1.82) is 0 Å². The molecule has 0 bridgehead atoms. The number of fused-ring (bicyclic) bond motifs is 3. The number of benzene rings is 2. The molecule has 4 rings (SSSR count). The molecular weight excluding hydrogens is 416 g/mol. The Hall–Kier alpha value is -3.32. The molecule has 4 nitrogen and oxygen atoms in total. The summed E-state index contributed by atoms with van der Waals surface area (Å²) in [5.41, 5.74) is 4.52. The number of thiazole rings is 1. The van der Waals surface area contributed by atoms with Gasteiger partial charge in [0, 0.05) is 5.70 Å². The Morgan fingerprint density at radius 1 is 1.19 bits per heavy atom. The van der Waals surface area contributed by atoms with Crippen LogP contribution >= 0.6 is 11.3 Å². The number of allylic oxidation sites excluding steroid dienone is 1. The molecule has 3 aromatic rings. The Kier molecular flexibility index (Phi) is 5.95. The molecule has 31 heavy (non-hydrogen) atoms. The maximum Gasteiger partial charge on any atom is 0.284 e. The number of rotatable bonds is 5. The molecular formula is C24H21F2N3OS. The van der Waals surface area contributed by atoms with Crippen molar-refractivity contribution < 1.29 is 13.6 Å². The summed E-state index contributed by atoms with van der Waals surface area (Å²) in [6, 6.07) is 9.70. The Morgan fingerprint density at radius 2 is 1.97 bits per heavy atom. The van der Waals surface area contributed by atoms with E-state index in [4.69, 9.17) is 0 Å². The third-order valence-electron chi connectivity index (χ3n) is 5.16. The van der Waals surface area contributed by atoms with Crippen molar-refractivity contribution in [2.45, 2.75) is 26.2 Å². The molecule has 0 unspecified atom stereocenters. The van der Waals surface area contributed by atoms with Gasteiger partial charge in [-0.3, -0.25) is 4.79 Å². The minimum Gasteiger partial charge on any atom is -0.362 e. The van der Waals surface area contributed by atoms with Crippen LogP contribution in [0.4, 0.5) is 14.5 Å². The van der Waals surface area contributed by atoms with Crippen molar-refractivity contribution in [3.63, 3.8) is 0 Å². The Morgan fingerprint density at radius 3 is 2.68 bits per heavy atom. The molecule has 7 heteroatoms. The Balaban J connectivity index is 1.71. The lowest BCUT2D eigenvalue weighted by atomic mass is 9.99. The number of carbonyl (C=O) groups excluding carboxylic acids is 1. The first-order valence-corrected chi connectivity index (χ1v) is 10.8. The fourth-order valence-corrected chi connectivity index (χ4v) is 4.73. The molecule has 0 atom stereocenters. The molecule has 0 saturated carbocycles. The summed E-state index contributed by atoms with van der Waals surface area (Å²) in [7, 11) is 0. The summed E-state index contributed by atoms with van der Waals surface area (Å²) in [6.45, 7) is 5.67. The van der Waals surface area contributed by atoms with E-state index in [1.54, 1.807) is 6.20 Å². The molecule has 1 aliphatic rings. The minimum absolute atomic E-state index is 0.182. The van der Waals surface area contributed by atoms with Crippen molar-refractivity contribution in [3.8, 4) is 10.4 Å². The maximum atomic E-state index is 13.9. The van der Waals surface area contributed by atoms with Gasteiger partial charge in [0.05, 0.1) is 10.6 Å². The van der Waals surface area contributed by atoms with Gasteiger partial charge in [-0.1, -0.05) is 30.9 Å². The van der Waals surface area contributed by atoms with Gasteiger partial charge >= 0.3 is 0 Å². The van der Waals surface area contributed by atoms with Crippen molar-refractivity contribution in [1.82, 2.24) is 10.3 Å². The van der Waals surface area contributed by atoms with Gasteiger partial charge in [0.25, 0.3) is 5.91 Å².